The molecule has 8 nitrogen and oxygen atoms in total. The van der Waals surface area contributed by atoms with E-state index in [1.54, 1.807) is 16.8 Å². The lowest BCUT2D eigenvalue weighted by Gasteiger charge is -2.35. The third-order valence-electron chi connectivity index (χ3n) is 5.03. The van der Waals surface area contributed by atoms with Crippen molar-refractivity contribution in [1.82, 2.24) is 20.0 Å². The Kier molecular flexibility index (Phi) is 9.26. The van der Waals surface area contributed by atoms with E-state index in [1.165, 1.54) is 0 Å². The first-order valence-corrected chi connectivity index (χ1v) is 10.6. The molecule has 0 bridgehead atoms. The molecule has 8 heteroatoms. The zero-order chi connectivity index (χ0) is 22.1. The first-order valence-electron chi connectivity index (χ1n) is 10.6. The molecule has 1 aliphatic rings. The fourth-order valence-electron chi connectivity index (χ4n) is 3.50. The minimum Gasteiger partial charge on any atom is -0.353 e. The van der Waals surface area contributed by atoms with Crippen molar-refractivity contribution in [1.29, 1.82) is 0 Å². The van der Waals surface area contributed by atoms with Crippen molar-refractivity contribution in [3.63, 3.8) is 0 Å². The van der Waals surface area contributed by atoms with Crippen LogP contribution in [0.2, 0.25) is 0 Å². The summed E-state index contributed by atoms with van der Waals surface area (Å²) in [6, 6.07) is 7.92. The molecule has 166 valence electrons. The number of para-hydroxylation sites is 1. The van der Waals surface area contributed by atoms with Gasteiger partial charge in [-0.25, -0.2) is 0 Å². The fraction of sp³-hybridized carbons (Fsp3) is 0.591. The number of hydrogen-bond acceptors (Lipinski definition) is 5. The molecule has 0 radical (unpaired) electrons. The summed E-state index contributed by atoms with van der Waals surface area (Å²) in [7, 11) is 1.77. The van der Waals surface area contributed by atoms with Gasteiger partial charge in [0.1, 0.15) is 0 Å². The predicted molar refractivity (Wildman–Crippen MR) is 118 cm³/mol. The highest BCUT2D eigenvalue weighted by molar-refractivity contribution is 5.93. The number of piperazine rings is 1. The number of aryl methyl sites for hydroxylation is 1. The molecule has 1 saturated heterocycles. The van der Waals surface area contributed by atoms with Gasteiger partial charge in [-0.1, -0.05) is 25.1 Å². The van der Waals surface area contributed by atoms with Crippen LogP contribution < -0.4 is 10.6 Å². The van der Waals surface area contributed by atoms with E-state index < -0.39 is 0 Å². The summed E-state index contributed by atoms with van der Waals surface area (Å²) in [6.07, 6.45) is 0.866. The van der Waals surface area contributed by atoms with Crippen molar-refractivity contribution >= 4 is 23.4 Å². The molecule has 0 spiro atoms. The summed E-state index contributed by atoms with van der Waals surface area (Å²) in [5.41, 5.74) is 1.98. The molecular weight excluding hydrogens is 382 g/mol. The number of likely N-dealkylation sites (N-methyl/N-ethyl adjacent to an activating group) is 1. The highest BCUT2D eigenvalue weighted by Crippen LogP contribution is 2.15. The quantitative estimate of drug-likeness (QED) is 0.621. The van der Waals surface area contributed by atoms with Crippen LogP contribution in [-0.4, -0.2) is 91.3 Å². The van der Waals surface area contributed by atoms with Gasteiger partial charge in [-0.2, -0.15) is 0 Å². The Morgan fingerprint density at radius 1 is 1.03 bits per heavy atom. The second-order valence-corrected chi connectivity index (χ2v) is 8.11. The van der Waals surface area contributed by atoms with Crippen LogP contribution in [0.1, 0.15) is 26.3 Å². The smallest absolute Gasteiger partial charge is 0.238 e. The van der Waals surface area contributed by atoms with E-state index >= 15 is 0 Å². The van der Waals surface area contributed by atoms with Crippen LogP contribution in [0.15, 0.2) is 24.3 Å². The summed E-state index contributed by atoms with van der Waals surface area (Å²) in [5.74, 6) is -0.108. The fourth-order valence-corrected chi connectivity index (χ4v) is 3.50. The molecule has 0 aromatic heterocycles. The number of benzene rings is 1. The Balaban J connectivity index is 1.73. The average Bonchev–Trinajstić information content (AvgIpc) is 2.68. The first-order chi connectivity index (χ1) is 14.3. The van der Waals surface area contributed by atoms with E-state index in [2.05, 4.69) is 22.5 Å². The number of carbonyl (C=O) groups excluding carboxylic acids is 3. The van der Waals surface area contributed by atoms with Crippen LogP contribution in [0.25, 0.3) is 0 Å². The number of amides is 3. The zero-order valence-electron chi connectivity index (χ0n) is 18.6. The first kappa shape index (κ1) is 23.8. The molecule has 2 rings (SSSR count). The SMILES string of the molecule is CCc1ccccc1NC(=O)CN1CCN(C(=O)CN(C)CC(=O)NC(C)C)CC1. The zero-order valence-corrected chi connectivity index (χ0v) is 18.6. The number of anilines is 1. The Bertz CT molecular complexity index is 729. The number of nitrogens with one attached hydrogen (secondary N) is 2. The van der Waals surface area contributed by atoms with Crippen molar-refractivity contribution in [2.45, 2.75) is 33.2 Å². The lowest BCUT2D eigenvalue weighted by Crippen LogP contribution is -2.52. The van der Waals surface area contributed by atoms with E-state index in [-0.39, 0.29) is 36.9 Å². The van der Waals surface area contributed by atoms with Crippen molar-refractivity contribution < 1.29 is 14.4 Å². The van der Waals surface area contributed by atoms with Crippen LogP contribution in [0.4, 0.5) is 5.69 Å². The van der Waals surface area contributed by atoms with Gasteiger partial charge in [-0.05, 0) is 38.9 Å². The van der Waals surface area contributed by atoms with Gasteiger partial charge in [0, 0.05) is 37.9 Å². The third-order valence-corrected chi connectivity index (χ3v) is 5.03. The second kappa shape index (κ2) is 11.7. The third kappa shape index (κ3) is 7.76. The van der Waals surface area contributed by atoms with Gasteiger partial charge in [0.15, 0.2) is 0 Å². The normalized spacial score (nSPS) is 14.8. The molecule has 1 heterocycles. The van der Waals surface area contributed by atoms with Crippen LogP contribution in [0.5, 0.6) is 0 Å². The molecule has 0 saturated carbocycles. The van der Waals surface area contributed by atoms with Gasteiger partial charge in [0.05, 0.1) is 19.6 Å². The standard InChI is InChI=1S/C22H35N5O3/c1-5-18-8-6-7-9-19(18)24-21(29)15-26-10-12-27(13-11-26)22(30)16-25(4)14-20(28)23-17(2)3/h6-9,17H,5,10-16H2,1-4H3,(H,23,28)(H,24,29). The summed E-state index contributed by atoms with van der Waals surface area (Å²) in [6.45, 7) is 9.09. The maximum atomic E-state index is 12.5. The molecule has 1 aromatic carbocycles. The van der Waals surface area contributed by atoms with E-state index in [4.69, 9.17) is 0 Å². The monoisotopic (exact) mass is 417 g/mol. The highest BCUT2D eigenvalue weighted by atomic mass is 16.2. The van der Waals surface area contributed by atoms with Crippen molar-refractivity contribution in [2.75, 3.05) is 58.2 Å². The highest BCUT2D eigenvalue weighted by Gasteiger charge is 2.23. The Labute approximate surface area is 179 Å². The lowest BCUT2D eigenvalue weighted by atomic mass is 10.1. The largest absolute Gasteiger partial charge is 0.353 e. The van der Waals surface area contributed by atoms with Gasteiger partial charge >= 0.3 is 0 Å². The molecule has 1 aliphatic heterocycles. The van der Waals surface area contributed by atoms with Crippen LogP contribution in [0, 0.1) is 0 Å². The molecule has 2 N–H and O–H groups in total. The molecular formula is C22H35N5O3. The minimum atomic E-state index is -0.0826. The molecule has 1 fully saturated rings. The van der Waals surface area contributed by atoms with Crippen molar-refractivity contribution in [3.8, 4) is 0 Å². The maximum absolute atomic E-state index is 12.5. The summed E-state index contributed by atoms with van der Waals surface area (Å²) in [5, 5.41) is 5.82. The van der Waals surface area contributed by atoms with Crippen LogP contribution in [-0.2, 0) is 20.8 Å². The molecule has 0 atom stereocenters. The molecule has 0 aliphatic carbocycles. The average molecular weight is 418 g/mol. The van der Waals surface area contributed by atoms with Crippen LogP contribution >= 0.6 is 0 Å². The Morgan fingerprint density at radius 2 is 1.70 bits per heavy atom. The minimum absolute atomic E-state index is 0.0100. The van der Waals surface area contributed by atoms with E-state index in [1.807, 2.05) is 38.1 Å². The molecule has 0 unspecified atom stereocenters. The molecule has 30 heavy (non-hydrogen) atoms. The summed E-state index contributed by atoms with van der Waals surface area (Å²) in [4.78, 5) is 42.3. The topological polar surface area (TPSA) is 85.0 Å². The van der Waals surface area contributed by atoms with Crippen LogP contribution in [0.3, 0.4) is 0 Å². The van der Waals surface area contributed by atoms with E-state index in [0.29, 0.717) is 32.7 Å². The van der Waals surface area contributed by atoms with Gasteiger partial charge in [0.25, 0.3) is 0 Å². The van der Waals surface area contributed by atoms with Gasteiger partial charge < -0.3 is 15.5 Å². The Hall–Kier alpha value is -2.45. The second-order valence-electron chi connectivity index (χ2n) is 8.11. The lowest BCUT2D eigenvalue weighted by molar-refractivity contribution is -0.134. The predicted octanol–water partition coefficient (Wildman–Crippen LogP) is 0.788. The van der Waals surface area contributed by atoms with Gasteiger partial charge in [-0.3, -0.25) is 24.2 Å². The van der Waals surface area contributed by atoms with Gasteiger partial charge in [-0.15, -0.1) is 0 Å². The Morgan fingerprint density at radius 3 is 2.33 bits per heavy atom. The van der Waals surface area contributed by atoms with E-state index in [9.17, 15) is 14.4 Å². The maximum Gasteiger partial charge on any atom is 0.238 e. The van der Waals surface area contributed by atoms with Gasteiger partial charge in [0.2, 0.25) is 17.7 Å². The number of carbonyl (C=O) groups is 3. The van der Waals surface area contributed by atoms with Crippen molar-refractivity contribution in [3.05, 3.63) is 29.8 Å². The summed E-state index contributed by atoms with van der Waals surface area (Å²) < 4.78 is 0. The van der Waals surface area contributed by atoms with E-state index in [0.717, 1.165) is 17.7 Å². The molecule has 1 aromatic rings. The summed E-state index contributed by atoms with van der Waals surface area (Å²) >= 11 is 0. The number of nitrogens with zero attached hydrogens (tertiary/aromatic N) is 3. The molecule has 3 amide bonds. The number of rotatable bonds is 9. The number of hydrogen-bond donors (Lipinski definition) is 2. The van der Waals surface area contributed by atoms with Crippen molar-refractivity contribution in [2.24, 2.45) is 0 Å².